The van der Waals surface area contributed by atoms with E-state index in [1.807, 2.05) is 35.7 Å². The van der Waals surface area contributed by atoms with E-state index in [2.05, 4.69) is 20.0 Å². The normalized spacial score (nSPS) is 15.7. The van der Waals surface area contributed by atoms with Crippen LogP contribution in [-0.2, 0) is 14.8 Å². The summed E-state index contributed by atoms with van der Waals surface area (Å²) in [5.74, 6) is 0.630. The Bertz CT molecular complexity index is 1400. The van der Waals surface area contributed by atoms with E-state index >= 15 is 0 Å². The van der Waals surface area contributed by atoms with Crippen LogP contribution in [0.1, 0.15) is 12.0 Å². The summed E-state index contributed by atoms with van der Waals surface area (Å²) in [5, 5.41) is 6.01. The summed E-state index contributed by atoms with van der Waals surface area (Å²) in [6, 6.07) is 16.2. The molecule has 0 spiro atoms. The fourth-order valence-electron chi connectivity index (χ4n) is 3.25. The van der Waals surface area contributed by atoms with Crippen molar-refractivity contribution >= 4 is 49.2 Å². The quantitative estimate of drug-likeness (QED) is 0.480. The molecule has 10 heteroatoms. The number of amides is 1. The summed E-state index contributed by atoms with van der Waals surface area (Å²) >= 11 is 1.30. The number of hydrogen-bond donors (Lipinski definition) is 2. The third-order valence-electron chi connectivity index (χ3n) is 4.70. The van der Waals surface area contributed by atoms with E-state index in [1.165, 1.54) is 17.4 Å². The van der Waals surface area contributed by atoms with Gasteiger partial charge in [0.1, 0.15) is 17.1 Å². The van der Waals surface area contributed by atoms with E-state index in [-0.39, 0.29) is 29.6 Å². The lowest BCUT2D eigenvalue weighted by Gasteiger charge is -2.01. The summed E-state index contributed by atoms with van der Waals surface area (Å²) in [4.78, 5) is 21.1. The van der Waals surface area contributed by atoms with Gasteiger partial charge >= 0.3 is 0 Å². The van der Waals surface area contributed by atoms with E-state index in [0.717, 1.165) is 11.0 Å². The topological polar surface area (TPSA) is 114 Å². The Morgan fingerprint density at radius 3 is 2.84 bits per heavy atom. The zero-order valence-electron chi connectivity index (χ0n) is 16.0. The van der Waals surface area contributed by atoms with Crippen molar-refractivity contribution in [1.82, 2.24) is 9.71 Å². The molecule has 2 aromatic carbocycles. The number of fused-ring (bicyclic) bond motifs is 2. The minimum Gasteiger partial charge on any atom is -0.454 e. The maximum atomic E-state index is 12.3. The Labute approximate surface area is 181 Å². The molecule has 0 saturated heterocycles. The molecule has 0 unspecified atom stereocenters. The van der Waals surface area contributed by atoms with E-state index in [9.17, 15) is 13.2 Å². The molecule has 0 saturated carbocycles. The minimum atomic E-state index is -3.59. The molecule has 0 fully saturated rings. The molecule has 4 aromatic rings. The Morgan fingerprint density at radius 2 is 1.97 bits per heavy atom. The molecule has 1 aliphatic heterocycles. The van der Waals surface area contributed by atoms with Crippen LogP contribution in [0, 0.1) is 0 Å². The molecular formula is C21H16N4O4S2. The lowest BCUT2D eigenvalue weighted by molar-refractivity contribution is -0.116. The van der Waals surface area contributed by atoms with E-state index in [1.54, 1.807) is 18.2 Å². The number of nitrogens with one attached hydrogen (secondary N) is 2. The summed E-state index contributed by atoms with van der Waals surface area (Å²) in [6.07, 6.45) is 0.0902. The van der Waals surface area contributed by atoms with Crippen molar-refractivity contribution in [3.05, 3.63) is 65.5 Å². The van der Waals surface area contributed by atoms with Gasteiger partial charge in [-0.25, -0.2) is 13.4 Å². The predicted molar refractivity (Wildman–Crippen MR) is 119 cm³/mol. The molecular weight excluding hydrogens is 436 g/mol. The fraction of sp³-hybridized carbons (Fsp3) is 0.0952. The van der Waals surface area contributed by atoms with E-state index in [0.29, 0.717) is 22.1 Å². The van der Waals surface area contributed by atoms with Gasteiger partial charge in [0.05, 0.1) is 11.4 Å². The van der Waals surface area contributed by atoms with Crippen molar-refractivity contribution in [2.24, 2.45) is 4.99 Å². The van der Waals surface area contributed by atoms with Gasteiger partial charge in [-0.3, -0.25) is 14.5 Å². The van der Waals surface area contributed by atoms with Gasteiger partial charge in [0.15, 0.2) is 10.9 Å². The summed E-state index contributed by atoms with van der Waals surface area (Å²) in [7, 11) is -3.59. The molecule has 31 heavy (non-hydrogen) atoms. The number of thiazole rings is 1. The highest BCUT2D eigenvalue weighted by Gasteiger charge is 2.29. The Kier molecular flexibility index (Phi) is 4.79. The van der Waals surface area contributed by atoms with Crippen molar-refractivity contribution in [2.75, 3.05) is 11.9 Å². The zero-order valence-corrected chi connectivity index (χ0v) is 17.7. The van der Waals surface area contributed by atoms with Crippen LogP contribution < -0.4 is 10.0 Å². The molecule has 1 amide bonds. The van der Waals surface area contributed by atoms with Crippen LogP contribution in [0.5, 0.6) is 0 Å². The van der Waals surface area contributed by atoms with Crippen LogP contribution in [0.25, 0.3) is 22.4 Å². The van der Waals surface area contributed by atoms with Crippen LogP contribution in [0.15, 0.2) is 74.3 Å². The first-order valence-electron chi connectivity index (χ1n) is 9.41. The van der Waals surface area contributed by atoms with Crippen molar-refractivity contribution in [3.63, 3.8) is 0 Å². The largest absolute Gasteiger partial charge is 0.454 e. The van der Waals surface area contributed by atoms with E-state index < -0.39 is 10.0 Å². The lowest BCUT2D eigenvalue weighted by Crippen LogP contribution is -2.23. The highest BCUT2D eigenvalue weighted by atomic mass is 32.2. The molecule has 2 N–H and O–H groups in total. The summed E-state index contributed by atoms with van der Waals surface area (Å²) in [5.41, 5.74) is 1.94. The van der Waals surface area contributed by atoms with E-state index in [4.69, 9.17) is 4.42 Å². The smallest absolute Gasteiger partial charge is 0.263 e. The van der Waals surface area contributed by atoms with Crippen LogP contribution >= 0.6 is 11.3 Å². The monoisotopic (exact) mass is 452 g/mol. The molecule has 156 valence electrons. The second-order valence-corrected chi connectivity index (χ2v) is 9.33. The molecule has 0 bridgehead atoms. The highest BCUT2D eigenvalue weighted by Crippen LogP contribution is 2.30. The van der Waals surface area contributed by atoms with Crippen molar-refractivity contribution in [3.8, 4) is 11.5 Å². The Hall–Kier alpha value is -3.50. The number of para-hydroxylation sites is 1. The average molecular weight is 453 g/mol. The number of amidine groups is 1. The van der Waals surface area contributed by atoms with Crippen LogP contribution in [0.2, 0.25) is 0 Å². The number of rotatable bonds is 5. The van der Waals surface area contributed by atoms with Gasteiger partial charge in [-0.1, -0.05) is 30.3 Å². The van der Waals surface area contributed by atoms with Gasteiger partial charge in [0.2, 0.25) is 5.91 Å². The van der Waals surface area contributed by atoms with Crippen LogP contribution in [-0.4, -0.2) is 31.7 Å². The minimum absolute atomic E-state index is 0.0902. The van der Waals surface area contributed by atoms with Gasteiger partial charge in [-0.2, -0.15) is 0 Å². The fourth-order valence-corrected chi connectivity index (χ4v) is 5.22. The standard InChI is InChI=1S/C21H16N4O4S2/c26-19(9-10-22-20-14-6-2-4-8-18(14)31(27,28)25-20)24-21-23-15(12-30-21)17-11-13-5-1-3-7-16(13)29-17/h1-8,11-12H,9-10H2,(H,22,25)(H,23,24,26). The summed E-state index contributed by atoms with van der Waals surface area (Å²) < 4.78 is 32.4. The van der Waals surface area contributed by atoms with Gasteiger partial charge in [0.25, 0.3) is 10.0 Å². The molecule has 3 heterocycles. The van der Waals surface area contributed by atoms with Crippen LogP contribution in [0.4, 0.5) is 5.13 Å². The Balaban J connectivity index is 1.23. The maximum Gasteiger partial charge on any atom is 0.263 e. The van der Waals surface area contributed by atoms with Gasteiger partial charge in [-0.15, -0.1) is 11.3 Å². The second-order valence-electron chi connectivity index (χ2n) is 6.82. The molecule has 1 aliphatic rings. The van der Waals surface area contributed by atoms with Crippen molar-refractivity contribution < 1.29 is 17.6 Å². The molecule has 8 nitrogen and oxygen atoms in total. The molecule has 0 aliphatic carbocycles. The number of nitrogens with zero attached hydrogens (tertiary/aromatic N) is 2. The number of carbonyl (C=O) groups excluding carboxylic acids is 1. The molecule has 5 rings (SSSR count). The number of furan rings is 1. The predicted octanol–water partition coefficient (Wildman–Crippen LogP) is 3.62. The number of sulfonamides is 1. The number of anilines is 1. The first kappa shape index (κ1) is 19.5. The SMILES string of the molecule is O=C(CCN=C1NS(=O)(=O)c2ccccc21)Nc1nc(-c2cc3ccccc3o2)cs1. The Morgan fingerprint density at radius 1 is 1.16 bits per heavy atom. The first-order valence-corrected chi connectivity index (χ1v) is 11.8. The number of hydrogen-bond acceptors (Lipinski definition) is 7. The van der Waals surface area contributed by atoms with Crippen LogP contribution in [0.3, 0.4) is 0 Å². The number of aliphatic imine (C=N–C) groups is 1. The molecule has 0 radical (unpaired) electrons. The van der Waals surface area contributed by atoms with Crippen molar-refractivity contribution in [2.45, 2.75) is 11.3 Å². The maximum absolute atomic E-state index is 12.3. The highest BCUT2D eigenvalue weighted by molar-refractivity contribution is 7.90. The van der Waals surface area contributed by atoms with Gasteiger partial charge in [-0.05, 0) is 24.3 Å². The second kappa shape index (κ2) is 7.64. The average Bonchev–Trinajstić information content (AvgIpc) is 3.45. The van der Waals surface area contributed by atoms with Crippen molar-refractivity contribution in [1.29, 1.82) is 0 Å². The lowest BCUT2D eigenvalue weighted by atomic mass is 10.2. The van der Waals surface area contributed by atoms with Gasteiger partial charge < -0.3 is 9.73 Å². The molecule has 0 atom stereocenters. The number of aromatic nitrogens is 1. The van der Waals surface area contributed by atoms with Gasteiger partial charge in [0, 0.05) is 22.8 Å². The third kappa shape index (κ3) is 3.82. The third-order valence-corrected chi connectivity index (χ3v) is 6.85. The number of benzene rings is 2. The molecule has 2 aromatic heterocycles. The summed E-state index contributed by atoms with van der Waals surface area (Å²) in [6.45, 7) is 0.139. The zero-order chi connectivity index (χ0) is 21.4. The first-order chi connectivity index (χ1) is 15.0. The number of carbonyl (C=O) groups is 1.